The van der Waals surface area contributed by atoms with Crippen molar-refractivity contribution < 1.29 is 0 Å². The molecule has 1 saturated carbocycles. The maximum Gasteiger partial charge on any atom is 0.0234 e. The number of aryl methyl sites for hydroxylation is 1. The SMILES string of the molecule is CCc1ccc(CN2CCN(C3CC3)CC2)cc1. The molecule has 0 atom stereocenters. The quantitative estimate of drug-likeness (QED) is 0.803. The predicted molar refractivity (Wildman–Crippen MR) is 75.7 cm³/mol. The first-order valence-electron chi connectivity index (χ1n) is 7.39. The van der Waals surface area contributed by atoms with Gasteiger partial charge in [0, 0.05) is 38.8 Å². The van der Waals surface area contributed by atoms with Crippen LogP contribution in [0.2, 0.25) is 0 Å². The first kappa shape index (κ1) is 12.2. The van der Waals surface area contributed by atoms with Gasteiger partial charge in [-0.05, 0) is 30.4 Å². The van der Waals surface area contributed by atoms with Crippen molar-refractivity contribution in [1.29, 1.82) is 0 Å². The minimum absolute atomic E-state index is 0.941. The summed E-state index contributed by atoms with van der Waals surface area (Å²) in [5.74, 6) is 0. The second kappa shape index (κ2) is 5.41. The summed E-state index contributed by atoms with van der Waals surface area (Å²) in [7, 11) is 0. The molecule has 2 fully saturated rings. The minimum atomic E-state index is 0.941. The Hall–Kier alpha value is -0.860. The van der Waals surface area contributed by atoms with E-state index in [1.807, 2.05) is 0 Å². The van der Waals surface area contributed by atoms with E-state index in [9.17, 15) is 0 Å². The summed E-state index contributed by atoms with van der Waals surface area (Å²) >= 11 is 0. The average molecular weight is 244 g/mol. The Balaban J connectivity index is 1.50. The molecule has 1 aliphatic carbocycles. The van der Waals surface area contributed by atoms with Crippen LogP contribution in [0.4, 0.5) is 0 Å². The maximum absolute atomic E-state index is 2.68. The zero-order valence-corrected chi connectivity index (χ0v) is 11.4. The molecular formula is C16H24N2. The lowest BCUT2D eigenvalue weighted by Gasteiger charge is -2.34. The van der Waals surface area contributed by atoms with Crippen LogP contribution in [-0.4, -0.2) is 42.0 Å². The summed E-state index contributed by atoms with van der Waals surface area (Å²) in [6, 6.07) is 10.1. The second-order valence-electron chi connectivity index (χ2n) is 5.71. The smallest absolute Gasteiger partial charge is 0.0234 e. The van der Waals surface area contributed by atoms with Crippen LogP contribution in [0, 0.1) is 0 Å². The van der Waals surface area contributed by atoms with Gasteiger partial charge in [-0.25, -0.2) is 0 Å². The molecule has 1 saturated heterocycles. The molecule has 0 spiro atoms. The molecule has 0 amide bonds. The van der Waals surface area contributed by atoms with Crippen LogP contribution in [0.3, 0.4) is 0 Å². The third-order valence-corrected chi connectivity index (χ3v) is 4.31. The zero-order chi connectivity index (χ0) is 12.4. The van der Waals surface area contributed by atoms with Crippen LogP contribution >= 0.6 is 0 Å². The molecule has 18 heavy (non-hydrogen) atoms. The van der Waals surface area contributed by atoms with Crippen molar-refractivity contribution in [3.05, 3.63) is 35.4 Å². The van der Waals surface area contributed by atoms with Crippen molar-refractivity contribution in [2.24, 2.45) is 0 Å². The Morgan fingerprint density at radius 3 is 2.11 bits per heavy atom. The van der Waals surface area contributed by atoms with Crippen LogP contribution in [0.1, 0.15) is 30.9 Å². The van der Waals surface area contributed by atoms with E-state index in [0.717, 1.165) is 19.0 Å². The highest BCUT2D eigenvalue weighted by Gasteiger charge is 2.30. The number of rotatable bonds is 4. The Labute approximate surface area is 111 Å². The van der Waals surface area contributed by atoms with Gasteiger partial charge in [-0.1, -0.05) is 31.2 Å². The second-order valence-corrected chi connectivity index (χ2v) is 5.71. The molecule has 0 aromatic heterocycles. The van der Waals surface area contributed by atoms with Gasteiger partial charge in [-0.2, -0.15) is 0 Å². The molecule has 0 N–H and O–H groups in total. The third-order valence-electron chi connectivity index (χ3n) is 4.31. The van der Waals surface area contributed by atoms with Crippen molar-refractivity contribution in [3.63, 3.8) is 0 Å². The van der Waals surface area contributed by atoms with Gasteiger partial charge in [0.2, 0.25) is 0 Å². The Morgan fingerprint density at radius 1 is 0.944 bits per heavy atom. The molecule has 1 heterocycles. The van der Waals surface area contributed by atoms with E-state index >= 15 is 0 Å². The molecule has 1 aliphatic heterocycles. The van der Waals surface area contributed by atoms with Crippen molar-refractivity contribution >= 4 is 0 Å². The van der Waals surface area contributed by atoms with Gasteiger partial charge in [-0.15, -0.1) is 0 Å². The molecule has 0 bridgehead atoms. The van der Waals surface area contributed by atoms with Gasteiger partial charge >= 0.3 is 0 Å². The van der Waals surface area contributed by atoms with E-state index < -0.39 is 0 Å². The summed E-state index contributed by atoms with van der Waals surface area (Å²) in [5, 5.41) is 0. The van der Waals surface area contributed by atoms with E-state index in [4.69, 9.17) is 0 Å². The summed E-state index contributed by atoms with van der Waals surface area (Å²) in [4.78, 5) is 5.27. The van der Waals surface area contributed by atoms with Gasteiger partial charge in [-0.3, -0.25) is 9.80 Å². The molecule has 0 unspecified atom stereocenters. The Bertz CT molecular complexity index is 373. The first-order chi connectivity index (χ1) is 8.85. The zero-order valence-electron chi connectivity index (χ0n) is 11.4. The topological polar surface area (TPSA) is 6.48 Å². The largest absolute Gasteiger partial charge is 0.298 e. The summed E-state index contributed by atoms with van der Waals surface area (Å²) in [6.07, 6.45) is 4.03. The Morgan fingerprint density at radius 2 is 1.56 bits per heavy atom. The molecule has 98 valence electrons. The number of hydrogen-bond acceptors (Lipinski definition) is 2. The van der Waals surface area contributed by atoms with Gasteiger partial charge in [0.05, 0.1) is 0 Å². The molecule has 2 aliphatic rings. The molecule has 1 aromatic carbocycles. The Kier molecular flexibility index (Phi) is 3.67. The first-order valence-corrected chi connectivity index (χ1v) is 7.39. The molecule has 0 radical (unpaired) electrons. The van der Waals surface area contributed by atoms with Crippen LogP contribution in [0.5, 0.6) is 0 Å². The van der Waals surface area contributed by atoms with Gasteiger partial charge < -0.3 is 0 Å². The van der Waals surface area contributed by atoms with Crippen LogP contribution in [-0.2, 0) is 13.0 Å². The number of nitrogens with zero attached hydrogens (tertiary/aromatic N) is 2. The number of piperazine rings is 1. The number of hydrogen-bond donors (Lipinski definition) is 0. The lowest BCUT2D eigenvalue weighted by atomic mass is 10.1. The summed E-state index contributed by atoms with van der Waals surface area (Å²) < 4.78 is 0. The van der Waals surface area contributed by atoms with Gasteiger partial charge in [0.25, 0.3) is 0 Å². The van der Waals surface area contributed by atoms with E-state index in [2.05, 4.69) is 41.0 Å². The van der Waals surface area contributed by atoms with E-state index in [1.165, 1.54) is 50.1 Å². The highest BCUT2D eigenvalue weighted by Crippen LogP contribution is 2.27. The van der Waals surface area contributed by atoms with Gasteiger partial charge in [0.1, 0.15) is 0 Å². The van der Waals surface area contributed by atoms with E-state index in [0.29, 0.717) is 0 Å². The number of benzene rings is 1. The average Bonchev–Trinajstić information content (AvgIpc) is 3.25. The van der Waals surface area contributed by atoms with Crippen molar-refractivity contribution in [1.82, 2.24) is 9.80 Å². The predicted octanol–water partition coefficient (Wildman–Crippen LogP) is 2.53. The maximum atomic E-state index is 2.68. The van der Waals surface area contributed by atoms with Crippen LogP contribution < -0.4 is 0 Å². The van der Waals surface area contributed by atoms with Crippen molar-refractivity contribution in [2.75, 3.05) is 26.2 Å². The van der Waals surface area contributed by atoms with Gasteiger partial charge in [0.15, 0.2) is 0 Å². The molecule has 3 rings (SSSR count). The summed E-state index contributed by atoms with van der Waals surface area (Å²) in [5.41, 5.74) is 2.91. The molecule has 1 aromatic rings. The minimum Gasteiger partial charge on any atom is -0.298 e. The van der Waals surface area contributed by atoms with E-state index in [-0.39, 0.29) is 0 Å². The third kappa shape index (κ3) is 2.93. The molecular weight excluding hydrogens is 220 g/mol. The van der Waals surface area contributed by atoms with Crippen LogP contribution in [0.15, 0.2) is 24.3 Å². The van der Waals surface area contributed by atoms with Crippen molar-refractivity contribution in [3.8, 4) is 0 Å². The fourth-order valence-electron chi connectivity index (χ4n) is 2.86. The molecule has 2 nitrogen and oxygen atoms in total. The summed E-state index contributed by atoms with van der Waals surface area (Å²) in [6.45, 7) is 8.38. The fourth-order valence-corrected chi connectivity index (χ4v) is 2.86. The fraction of sp³-hybridized carbons (Fsp3) is 0.625. The lowest BCUT2D eigenvalue weighted by molar-refractivity contribution is 0.121. The van der Waals surface area contributed by atoms with E-state index in [1.54, 1.807) is 0 Å². The highest BCUT2D eigenvalue weighted by molar-refractivity contribution is 5.22. The standard InChI is InChI=1S/C16H24N2/c1-2-14-3-5-15(6-4-14)13-17-9-11-18(12-10-17)16-7-8-16/h3-6,16H,2,7-13H2,1H3. The monoisotopic (exact) mass is 244 g/mol. The van der Waals surface area contributed by atoms with Crippen LogP contribution in [0.25, 0.3) is 0 Å². The normalized spacial score (nSPS) is 22.3. The lowest BCUT2D eigenvalue weighted by Crippen LogP contribution is -2.46. The van der Waals surface area contributed by atoms with Crippen molar-refractivity contribution in [2.45, 2.75) is 38.8 Å². The molecule has 2 heteroatoms. The highest BCUT2D eigenvalue weighted by atomic mass is 15.3.